The highest BCUT2D eigenvalue weighted by Gasteiger charge is 2.01. The van der Waals surface area contributed by atoms with E-state index >= 15 is 0 Å². The summed E-state index contributed by atoms with van der Waals surface area (Å²) in [6, 6.07) is 6.02. The minimum absolute atomic E-state index is 0.436. The van der Waals surface area contributed by atoms with Crippen LogP contribution in [0.2, 0.25) is 0 Å². The first-order valence-electron chi connectivity index (χ1n) is 5.14. The zero-order valence-corrected chi connectivity index (χ0v) is 9.23. The summed E-state index contributed by atoms with van der Waals surface area (Å²) >= 11 is 0. The van der Waals surface area contributed by atoms with Crippen LogP contribution in [0.4, 0.5) is 5.69 Å². The number of hydrogen-bond donors (Lipinski definition) is 1. The van der Waals surface area contributed by atoms with E-state index < -0.39 is 0 Å². The van der Waals surface area contributed by atoms with E-state index in [2.05, 4.69) is 19.9 Å². The fourth-order valence-electron chi connectivity index (χ4n) is 1.35. The Morgan fingerprint density at radius 1 is 1.40 bits per heavy atom. The van der Waals surface area contributed by atoms with E-state index in [1.54, 1.807) is 0 Å². The molecule has 0 aliphatic carbocycles. The first kappa shape index (κ1) is 11.5. The van der Waals surface area contributed by atoms with Crippen molar-refractivity contribution in [1.29, 1.82) is 0 Å². The van der Waals surface area contributed by atoms with Crippen LogP contribution in [0, 0.1) is 0 Å². The lowest BCUT2D eigenvalue weighted by atomic mass is 9.99. The van der Waals surface area contributed by atoms with Crippen LogP contribution in [0.5, 0.6) is 0 Å². The van der Waals surface area contributed by atoms with Gasteiger partial charge >= 0.3 is 0 Å². The predicted octanol–water partition coefficient (Wildman–Crippen LogP) is 2.99. The van der Waals surface area contributed by atoms with Gasteiger partial charge in [-0.15, -0.1) is 0 Å². The van der Waals surface area contributed by atoms with E-state index in [0.717, 1.165) is 17.5 Å². The monoisotopic (exact) mass is 203 g/mol. The molecule has 1 aromatic rings. The topological polar surface area (TPSA) is 43.1 Å². The van der Waals surface area contributed by atoms with Crippen LogP contribution < -0.4 is 5.73 Å². The molecule has 0 aliphatic rings. The average Bonchev–Trinajstić information content (AvgIpc) is 2.20. The summed E-state index contributed by atoms with van der Waals surface area (Å²) in [5.74, 6) is 0.490. The Morgan fingerprint density at radius 2 is 2.13 bits per heavy atom. The van der Waals surface area contributed by atoms with Gasteiger partial charge in [-0.2, -0.15) is 0 Å². The lowest BCUT2D eigenvalue weighted by molar-refractivity contribution is -0.107. The third-order valence-corrected chi connectivity index (χ3v) is 2.31. The predicted molar refractivity (Wildman–Crippen MR) is 64.7 cm³/mol. The van der Waals surface area contributed by atoms with Gasteiger partial charge in [0.1, 0.15) is 6.29 Å². The standard InChI is InChI=1S/C13H17NO/c1-10(2)11-6-7-13(14)12(9-11)5-3-4-8-15/h3,5-10H,4,14H2,1-2H3. The Kier molecular flexibility index (Phi) is 4.10. The maximum Gasteiger partial charge on any atom is 0.123 e. The molecular formula is C13H17NO. The third-order valence-electron chi connectivity index (χ3n) is 2.31. The van der Waals surface area contributed by atoms with Gasteiger partial charge in [0.2, 0.25) is 0 Å². The van der Waals surface area contributed by atoms with Crippen molar-refractivity contribution in [2.75, 3.05) is 5.73 Å². The summed E-state index contributed by atoms with van der Waals surface area (Å²) in [5, 5.41) is 0. The molecule has 0 heterocycles. The lowest BCUT2D eigenvalue weighted by Gasteiger charge is -2.08. The van der Waals surface area contributed by atoms with Gasteiger partial charge in [-0.05, 0) is 29.2 Å². The van der Waals surface area contributed by atoms with Crippen LogP contribution in [-0.2, 0) is 4.79 Å². The van der Waals surface area contributed by atoms with E-state index in [9.17, 15) is 4.79 Å². The number of aldehydes is 1. The molecular weight excluding hydrogens is 186 g/mol. The molecule has 0 saturated carbocycles. The van der Waals surface area contributed by atoms with Gasteiger partial charge in [-0.25, -0.2) is 0 Å². The molecule has 0 spiro atoms. The number of anilines is 1. The number of hydrogen-bond acceptors (Lipinski definition) is 2. The highest BCUT2D eigenvalue weighted by molar-refractivity contribution is 5.67. The molecule has 2 N–H and O–H groups in total. The second-order valence-corrected chi connectivity index (χ2v) is 3.85. The van der Waals surface area contributed by atoms with Crippen molar-refractivity contribution >= 4 is 18.0 Å². The van der Waals surface area contributed by atoms with Crippen molar-refractivity contribution in [3.05, 3.63) is 35.4 Å². The molecule has 0 aliphatic heterocycles. The average molecular weight is 203 g/mol. The Balaban J connectivity index is 2.94. The summed E-state index contributed by atoms with van der Waals surface area (Å²) in [6.45, 7) is 4.29. The van der Waals surface area contributed by atoms with Crippen LogP contribution in [0.15, 0.2) is 24.3 Å². The maximum absolute atomic E-state index is 10.2. The first-order valence-corrected chi connectivity index (χ1v) is 5.14. The Labute approximate surface area is 90.8 Å². The van der Waals surface area contributed by atoms with Crippen molar-refractivity contribution < 1.29 is 4.79 Å². The zero-order chi connectivity index (χ0) is 11.3. The Hall–Kier alpha value is -1.57. The zero-order valence-electron chi connectivity index (χ0n) is 9.23. The third kappa shape index (κ3) is 3.24. The van der Waals surface area contributed by atoms with Gasteiger partial charge in [-0.3, -0.25) is 0 Å². The Bertz CT molecular complexity index is 367. The van der Waals surface area contributed by atoms with E-state index in [1.807, 2.05) is 24.3 Å². The minimum atomic E-state index is 0.436. The molecule has 1 rings (SSSR count). The molecule has 0 saturated heterocycles. The highest BCUT2D eigenvalue weighted by atomic mass is 16.1. The smallest absolute Gasteiger partial charge is 0.123 e. The van der Waals surface area contributed by atoms with Gasteiger partial charge in [0.15, 0.2) is 0 Å². The molecule has 2 nitrogen and oxygen atoms in total. The molecule has 0 atom stereocenters. The fourth-order valence-corrected chi connectivity index (χ4v) is 1.35. The SMILES string of the molecule is CC(C)c1ccc(N)c(C=CCC=O)c1. The largest absolute Gasteiger partial charge is 0.398 e. The van der Waals surface area contributed by atoms with Crippen molar-refractivity contribution in [1.82, 2.24) is 0 Å². The molecule has 15 heavy (non-hydrogen) atoms. The number of allylic oxidation sites excluding steroid dienone is 1. The summed E-state index contributed by atoms with van der Waals surface area (Å²) in [5.41, 5.74) is 8.83. The van der Waals surface area contributed by atoms with Gasteiger partial charge < -0.3 is 10.5 Å². The number of benzene rings is 1. The van der Waals surface area contributed by atoms with Crippen LogP contribution >= 0.6 is 0 Å². The maximum atomic E-state index is 10.2. The number of carbonyl (C=O) groups excluding carboxylic acids is 1. The molecule has 0 aromatic heterocycles. The van der Waals surface area contributed by atoms with Gasteiger partial charge in [0.05, 0.1) is 0 Å². The number of nitrogens with two attached hydrogens (primary N) is 1. The second kappa shape index (κ2) is 5.35. The minimum Gasteiger partial charge on any atom is -0.398 e. The summed E-state index contributed by atoms with van der Waals surface area (Å²) < 4.78 is 0. The van der Waals surface area contributed by atoms with Crippen LogP contribution in [0.25, 0.3) is 6.08 Å². The van der Waals surface area contributed by atoms with Crippen molar-refractivity contribution in [3.8, 4) is 0 Å². The van der Waals surface area contributed by atoms with Gasteiger partial charge in [-0.1, -0.05) is 32.1 Å². The van der Waals surface area contributed by atoms with E-state index in [1.165, 1.54) is 5.56 Å². The summed E-state index contributed by atoms with van der Waals surface area (Å²) in [7, 11) is 0. The molecule has 80 valence electrons. The van der Waals surface area contributed by atoms with Crippen molar-refractivity contribution in [2.24, 2.45) is 0 Å². The highest BCUT2D eigenvalue weighted by Crippen LogP contribution is 2.21. The van der Waals surface area contributed by atoms with Crippen molar-refractivity contribution in [2.45, 2.75) is 26.2 Å². The molecule has 0 radical (unpaired) electrons. The lowest BCUT2D eigenvalue weighted by Crippen LogP contribution is -1.93. The number of rotatable bonds is 4. The second-order valence-electron chi connectivity index (χ2n) is 3.85. The van der Waals surface area contributed by atoms with Crippen LogP contribution in [-0.4, -0.2) is 6.29 Å². The van der Waals surface area contributed by atoms with Crippen LogP contribution in [0.3, 0.4) is 0 Å². The quantitative estimate of drug-likeness (QED) is 0.604. The van der Waals surface area contributed by atoms with Crippen LogP contribution in [0.1, 0.15) is 37.3 Å². The normalized spacial score (nSPS) is 11.1. The molecule has 0 bridgehead atoms. The molecule has 0 fully saturated rings. The molecule has 2 heteroatoms. The van der Waals surface area contributed by atoms with E-state index in [0.29, 0.717) is 12.3 Å². The molecule has 0 amide bonds. The molecule has 1 aromatic carbocycles. The van der Waals surface area contributed by atoms with E-state index in [-0.39, 0.29) is 0 Å². The number of carbonyl (C=O) groups is 1. The van der Waals surface area contributed by atoms with Gasteiger partial charge in [0.25, 0.3) is 0 Å². The van der Waals surface area contributed by atoms with Gasteiger partial charge in [0, 0.05) is 12.1 Å². The fraction of sp³-hybridized carbons (Fsp3) is 0.308. The summed E-state index contributed by atoms with van der Waals surface area (Å²) in [6.07, 6.45) is 5.03. The Morgan fingerprint density at radius 3 is 2.73 bits per heavy atom. The summed E-state index contributed by atoms with van der Waals surface area (Å²) in [4.78, 5) is 10.2. The van der Waals surface area contributed by atoms with E-state index in [4.69, 9.17) is 5.73 Å². The number of nitrogen functional groups attached to an aromatic ring is 1. The first-order chi connectivity index (χ1) is 7.15. The van der Waals surface area contributed by atoms with Crippen molar-refractivity contribution in [3.63, 3.8) is 0 Å². The molecule has 0 unspecified atom stereocenters.